The topological polar surface area (TPSA) is 124 Å². The van der Waals surface area contributed by atoms with Gasteiger partial charge in [-0.2, -0.15) is 5.01 Å². The minimum atomic E-state index is -0.655. The number of nitrogen functional groups attached to an aromatic ring is 1. The number of thiazole rings is 1. The number of aromatic nitrogens is 1. The van der Waals surface area contributed by atoms with Crippen molar-refractivity contribution in [1.82, 2.24) is 30.1 Å². The predicted molar refractivity (Wildman–Crippen MR) is 148 cm³/mol. The number of nitrogens with one attached hydrogen (secondary N) is 1. The molecule has 5 rings (SSSR count). The van der Waals surface area contributed by atoms with Gasteiger partial charge in [0, 0.05) is 19.1 Å². The summed E-state index contributed by atoms with van der Waals surface area (Å²) in [6.45, 7) is 6.49. The fourth-order valence-electron chi connectivity index (χ4n) is 5.33. The van der Waals surface area contributed by atoms with Gasteiger partial charge >= 0.3 is 6.03 Å². The Morgan fingerprint density at radius 1 is 1.23 bits per heavy atom. The molecular formula is C27H33N7O4S. The fourth-order valence-corrected chi connectivity index (χ4v) is 6.11. The molecule has 12 heteroatoms. The van der Waals surface area contributed by atoms with Crippen molar-refractivity contribution >= 4 is 44.5 Å². The van der Waals surface area contributed by atoms with Crippen LogP contribution in [-0.4, -0.2) is 81.1 Å². The van der Waals surface area contributed by atoms with Gasteiger partial charge in [-0.1, -0.05) is 35.6 Å². The third kappa shape index (κ3) is 5.09. The number of anilines is 1. The van der Waals surface area contributed by atoms with Crippen LogP contribution >= 0.6 is 11.3 Å². The Hall–Kier alpha value is -3.90. The highest BCUT2D eigenvalue weighted by molar-refractivity contribution is 7.22. The molecule has 3 aromatic rings. The molecule has 0 spiro atoms. The van der Waals surface area contributed by atoms with Crippen molar-refractivity contribution in [2.24, 2.45) is 0 Å². The minimum Gasteiger partial charge on any atom is -0.497 e. The molecule has 2 aliphatic heterocycles. The van der Waals surface area contributed by atoms with E-state index in [0.29, 0.717) is 18.2 Å². The number of fused-ring (bicyclic) bond motifs is 2. The Bertz CT molecular complexity index is 1390. The lowest BCUT2D eigenvalue weighted by Gasteiger charge is -2.46. The molecule has 0 aliphatic carbocycles. The Balaban J connectivity index is 1.36. The molecule has 3 heterocycles. The number of hydrazine groups is 1. The van der Waals surface area contributed by atoms with Crippen LogP contribution in [0.25, 0.3) is 10.2 Å². The average Bonchev–Trinajstić information content (AvgIpc) is 3.45. The Kier molecular flexibility index (Phi) is 7.32. The van der Waals surface area contributed by atoms with Gasteiger partial charge in [0.2, 0.25) is 11.8 Å². The number of para-hydroxylation sites is 1. The van der Waals surface area contributed by atoms with Gasteiger partial charge in [0.25, 0.3) is 0 Å². The summed E-state index contributed by atoms with van der Waals surface area (Å²) >= 11 is 1.41. The van der Waals surface area contributed by atoms with E-state index in [9.17, 15) is 14.4 Å². The molecule has 0 radical (unpaired) electrons. The molecule has 4 amide bonds. The van der Waals surface area contributed by atoms with Crippen molar-refractivity contribution in [2.45, 2.75) is 52.1 Å². The molecular weight excluding hydrogens is 518 g/mol. The lowest BCUT2D eigenvalue weighted by atomic mass is 10.1. The van der Waals surface area contributed by atoms with E-state index in [0.717, 1.165) is 27.1 Å². The smallest absolute Gasteiger partial charge is 0.332 e. The normalized spacial score (nSPS) is 19.6. The second-order valence-electron chi connectivity index (χ2n) is 10.0. The van der Waals surface area contributed by atoms with E-state index in [1.165, 1.54) is 11.3 Å². The molecule has 1 unspecified atom stereocenters. The second-order valence-corrected chi connectivity index (χ2v) is 11.1. The monoisotopic (exact) mass is 551 g/mol. The molecule has 0 saturated carbocycles. The summed E-state index contributed by atoms with van der Waals surface area (Å²) < 4.78 is 6.16. The van der Waals surface area contributed by atoms with Crippen LogP contribution in [0, 0.1) is 0 Å². The first-order valence-electron chi connectivity index (χ1n) is 12.9. The van der Waals surface area contributed by atoms with Crippen LogP contribution in [0.4, 0.5) is 9.93 Å². The van der Waals surface area contributed by atoms with Crippen molar-refractivity contribution in [2.75, 3.05) is 25.9 Å². The summed E-state index contributed by atoms with van der Waals surface area (Å²) in [5, 5.41) is 6.83. The van der Waals surface area contributed by atoms with E-state index >= 15 is 0 Å². The number of nitrogens with zero attached hydrogens (tertiary/aromatic N) is 5. The molecule has 2 atom stereocenters. The van der Waals surface area contributed by atoms with Crippen molar-refractivity contribution in [1.29, 1.82) is 0 Å². The number of piperazine rings is 1. The Labute approximate surface area is 231 Å². The van der Waals surface area contributed by atoms with E-state index in [4.69, 9.17) is 10.5 Å². The number of hydrogen-bond donors (Lipinski definition) is 2. The van der Waals surface area contributed by atoms with Gasteiger partial charge in [0.05, 0.1) is 30.4 Å². The fraction of sp³-hybridized carbons (Fsp3) is 0.407. The van der Waals surface area contributed by atoms with E-state index < -0.39 is 12.2 Å². The molecule has 11 nitrogen and oxygen atoms in total. The number of methoxy groups -OCH3 is 1. The number of nitrogens with two attached hydrogens (primary N) is 1. The molecule has 2 aliphatic rings. The standard InChI is InChI=1S/C27H33N7O4S/c1-16(2)34(27(37)29-12-18-8-10-20(38-4)11-9-18)32-15-23(35)33-17(3)25(36)31(14-22(32)33)13-19-6-5-7-21-24(19)30-26(28)39-21/h5-11,16-17,22H,12-15H2,1-4H3,(H2,28,30)(H,29,37)/t17?,22-/m1/s1. The van der Waals surface area contributed by atoms with E-state index in [2.05, 4.69) is 10.3 Å². The van der Waals surface area contributed by atoms with Crippen molar-refractivity contribution < 1.29 is 19.1 Å². The summed E-state index contributed by atoms with van der Waals surface area (Å²) in [7, 11) is 1.61. The number of urea groups is 1. The lowest BCUT2D eigenvalue weighted by Crippen LogP contribution is -2.65. The quantitative estimate of drug-likeness (QED) is 0.463. The number of benzene rings is 2. The van der Waals surface area contributed by atoms with E-state index in [-0.39, 0.29) is 37.0 Å². The van der Waals surface area contributed by atoms with Crippen LogP contribution in [0.1, 0.15) is 31.9 Å². The molecule has 206 valence electrons. The summed E-state index contributed by atoms with van der Waals surface area (Å²) in [5.41, 5.74) is 8.53. The zero-order chi connectivity index (χ0) is 27.8. The molecule has 2 fully saturated rings. The summed E-state index contributed by atoms with van der Waals surface area (Å²) in [5.74, 6) is 0.426. The third-order valence-corrected chi connectivity index (χ3v) is 8.03. The van der Waals surface area contributed by atoms with Crippen LogP contribution in [0.3, 0.4) is 0 Å². The highest BCUT2D eigenvalue weighted by Gasteiger charge is 2.51. The molecule has 39 heavy (non-hydrogen) atoms. The van der Waals surface area contributed by atoms with Gasteiger partial charge in [0.1, 0.15) is 18.0 Å². The first-order valence-corrected chi connectivity index (χ1v) is 13.7. The van der Waals surface area contributed by atoms with Crippen LogP contribution < -0.4 is 15.8 Å². The summed E-state index contributed by atoms with van der Waals surface area (Å²) in [6.07, 6.45) is -0.473. The highest BCUT2D eigenvalue weighted by Crippen LogP contribution is 2.31. The first kappa shape index (κ1) is 26.7. The van der Waals surface area contributed by atoms with Crippen LogP contribution in [0.2, 0.25) is 0 Å². The van der Waals surface area contributed by atoms with E-state index in [1.54, 1.807) is 33.9 Å². The Morgan fingerprint density at radius 2 is 1.97 bits per heavy atom. The molecule has 0 bridgehead atoms. The van der Waals surface area contributed by atoms with Crippen LogP contribution in [0.15, 0.2) is 42.5 Å². The number of carbonyl (C=O) groups excluding carboxylic acids is 3. The second kappa shape index (κ2) is 10.7. The SMILES string of the molecule is COc1ccc(CNC(=O)N(C(C)C)N2CC(=O)N3C(C)C(=O)N(Cc4cccc5sc(N)nc45)C[C@@H]32)cc1. The zero-order valence-corrected chi connectivity index (χ0v) is 23.3. The van der Waals surface area contributed by atoms with Crippen LogP contribution in [-0.2, 0) is 22.7 Å². The largest absolute Gasteiger partial charge is 0.497 e. The predicted octanol–water partition coefficient (Wildman–Crippen LogP) is 2.62. The maximum Gasteiger partial charge on any atom is 0.332 e. The summed E-state index contributed by atoms with van der Waals surface area (Å²) in [6, 6.07) is 12.1. The molecule has 1 aromatic heterocycles. The van der Waals surface area contributed by atoms with Crippen LogP contribution in [0.5, 0.6) is 5.75 Å². The average molecular weight is 552 g/mol. The number of hydrogen-bond acceptors (Lipinski definition) is 8. The van der Waals surface area contributed by atoms with E-state index in [1.807, 2.05) is 56.3 Å². The maximum absolute atomic E-state index is 13.4. The number of ether oxygens (including phenoxy) is 1. The minimum absolute atomic E-state index is 0.0163. The van der Waals surface area contributed by atoms with Gasteiger partial charge in [-0.05, 0) is 50.1 Å². The maximum atomic E-state index is 13.4. The number of carbonyl (C=O) groups is 3. The zero-order valence-electron chi connectivity index (χ0n) is 22.5. The first-order chi connectivity index (χ1) is 18.7. The van der Waals surface area contributed by atoms with Gasteiger partial charge in [-0.3, -0.25) is 14.6 Å². The molecule has 2 saturated heterocycles. The van der Waals surface area contributed by atoms with Gasteiger partial charge < -0.3 is 25.6 Å². The molecule has 3 N–H and O–H groups in total. The van der Waals surface area contributed by atoms with Crippen molar-refractivity contribution in [3.05, 3.63) is 53.6 Å². The Morgan fingerprint density at radius 3 is 2.67 bits per heavy atom. The summed E-state index contributed by atoms with van der Waals surface area (Å²) in [4.78, 5) is 47.8. The van der Waals surface area contributed by atoms with Gasteiger partial charge in [-0.15, -0.1) is 0 Å². The van der Waals surface area contributed by atoms with Gasteiger partial charge in [-0.25, -0.2) is 9.78 Å². The highest BCUT2D eigenvalue weighted by atomic mass is 32.1. The van der Waals surface area contributed by atoms with Gasteiger partial charge in [0.15, 0.2) is 5.13 Å². The van der Waals surface area contributed by atoms with Crippen molar-refractivity contribution in [3.8, 4) is 5.75 Å². The number of rotatable bonds is 7. The van der Waals surface area contributed by atoms with Crippen molar-refractivity contribution in [3.63, 3.8) is 0 Å². The lowest BCUT2D eigenvalue weighted by molar-refractivity contribution is -0.157. The third-order valence-electron chi connectivity index (χ3n) is 7.18. The molecule has 2 aromatic carbocycles. The number of amides is 4.